The lowest BCUT2D eigenvalue weighted by Crippen LogP contribution is -2.48. The van der Waals surface area contributed by atoms with Crippen molar-refractivity contribution < 1.29 is 18.4 Å². The molecular weight excluding hydrogens is 304 g/mol. The van der Waals surface area contributed by atoms with Crippen molar-refractivity contribution in [2.75, 3.05) is 6.54 Å². The molecular formula is C16H23F2N3O2. The minimum atomic E-state index is -0.684. The maximum absolute atomic E-state index is 13.8. The van der Waals surface area contributed by atoms with Gasteiger partial charge in [0.2, 0.25) is 5.91 Å². The summed E-state index contributed by atoms with van der Waals surface area (Å²) in [6.45, 7) is 7.01. The third kappa shape index (κ3) is 6.63. The van der Waals surface area contributed by atoms with E-state index in [0.717, 1.165) is 18.2 Å². The van der Waals surface area contributed by atoms with Gasteiger partial charge >= 0.3 is 6.03 Å². The Hall–Kier alpha value is -2.18. The van der Waals surface area contributed by atoms with Crippen molar-refractivity contribution in [1.29, 1.82) is 0 Å². The van der Waals surface area contributed by atoms with Gasteiger partial charge in [0.15, 0.2) is 0 Å². The first-order valence-electron chi connectivity index (χ1n) is 7.42. The van der Waals surface area contributed by atoms with Gasteiger partial charge < -0.3 is 16.0 Å². The smallest absolute Gasteiger partial charge is 0.315 e. The molecule has 3 N–H and O–H groups in total. The Morgan fingerprint density at radius 1 is 1.22 bits per heavy atom. The van der Waals surface area contributed by atoms with E-state index in [4.69, 9.17) is 0 Å². The van der Waals surface area contributed by atoms with Gasteiger partial charge in [-0.25, -0.2) is 13.6 Å². The van der Waals surface area contributed by atoms with E-state index in [2.05, 4.69) is 16.0 Å². The summed E-state index contributed by atoms with van der Waals surface area (Å²) in [6, 6.07) is 1.78. The van der Waals surface area contributed by atoms with Gasteiger partial charge in [0, 0.05) is 11.1 Å². The van der Waals surface area contributed by atoms with Crippen LogP contribution in [0.1, 0.15) is 45.7 Å². The summed E-state index contributed by atoms with van der Waals surface area (Å²) in [4.78, 5) is 23.5. The fourth-order valence-electron chi connectivity index (χ4n) is 2.01. The van der Waals surface area contributed by atoms with E-state index >= 15 is 0 Å². The average molecular weight is 327 g/mol. The number of carbonyl (C=O) groups is 2. The second kappa shape index (κ2) is 7.89. The quantitative estimate of drug-likeness (QED) is 0.778. The van der Waals surface area contributed by atoms with Gasteiger partial charge in [0.05, 0.1) is 12.6 Å². The van der Waals surface area contributed by atoms with Crippen molar-refractivity contribution in [3.05, 3.63) is 35.4 Å². The Morgan fingerprint density at radius 2 is 1.87 bits per heavy atom. The van der Waals surface area contributed by atoms with Gasteiger partial charge in [0.1, 0.15) is 11.6 Å². The van der Waals surface area contributed by atoms with Crippen LogP contribution >= 0.6 is 0 Å². The van der Waals surface area contributed by atoms with Crippen LogP contribution in [0.3, 0.4) is 0 Å². The second-order valence-corrected chi connectivity index (χ2v) is 6.25. The zero-order valence-electron chi connectivity index (χ0n) is 13.8. The number of hydrogen-bond donors (Lipinski definition) is 3. The maximum atomic E-state index is 13.8. The van der Waals surface area contributed by atoms with E-state index in [9.17, 15) is 18.4 Å². The fraction of sp³-hybridized carbons (Fsp3) is 0.500. The minimum absolute atomic E-state index is 0.0711. The van der Waals surface area contributed by atoms with E-state index in [1.807, 2.05) is 20.8 Å². The molecule has 0 aliphatic heterocycles. The summed E-state index contributed by atoms with van der Waals surface area (Å²) in [6.07, 6.45) is 0.377. The van der Waals surface area contributed by atoms with Crippen molar-refractivity contribution in [2.45, 2.75) is 45.7 Å². The number of halogens is 2. The molecule has 0 aliphatic rings. The summed E-state index contributed by atoms with van der Waals surface area (Å²) in [5.41, 5.74) is -0.326. The molecule has 1 aromatic carbocycles. The van der Waals surface area contributed by atoms with Crippen molar-refractivity contribution in [1.82, 2.24) is 16.0 Å². The summed E-state index contributed by atoms with van der Waals surface area (Å²) in [7, 11) is 0. The molecule has 0 bridgehead atoms. The Kier molecular flexibility index (Phi) is 6.48. The number of urea groups is 1. The third-order valence-corrected chi connectivity index (χ3v) is 2.97. The van der Waals surface area contributed by atoms with E-state index in [1.165, 1.54) is 0 Å². The van der Waals surface area contributed by atoms with Gasteiger partial charge in [-0.15, -0.1) is 0 Å². The predicted molar refractivity (Wildman–Crippen MR) is 83.8 cm³/mol. The molecule has 0 aliphatic carbocycles. The van der Waals surface area contributed by atoms with E-state index in [-0.39, 0.29) is 18.0 Å². The predicted octanol–water partition coefficient (Wildman–Crippen LogP) is 2.63. The Morgan fingerprint density at radius 3 is 2.43 bits per heavy atom. The molecule has 1 atom stereocenters. The van der Waals surface area contributed by atoms with E-state index in [1.54, 1.807) is 6.92 Å². The van der Waals surface area contributed by atoms with Crippen LogP contribution in [0.5, 0.6) is 0 Å². The van der Waals surface area contributed by atoms with Crippen molar-refractivity contribution in [2.24, 2.45) is 0 Å². The molecule has 0 spiro atoms. The molecule has 23 heavy (non-hydrogen) atoms. The van der Waals surface area contributed by atoms with Crippen LogP contribution in [-0.4, -0.2) is 24.0 Å². The van der Waals surface area contributed by atoms with Crippen LogP contribution in [-0.2, 0) is 4.79 Å². The fourth-order valence-corrected chi connectivity index (χ4v) is 2.01. The zero-order valence-corrected chi connectivity index (χ0v) is 13.8. The molecule has 0 saturated heterocycles. The van der Waals surface area contributed by atoms with Crippen LogP contribution in [0, 0.1) is 11.6 Å². The number of nitrogens with one attached hydrogen (secondary N) is 3. The van der Waals surface area contributed by atoms with Crippen molar-refractivity contribution in [3.63, 3.8) is 0 Å². The van der Waals surface area contributed by atoms with Crippen LogP contribution in [0.2, 0.25) is 0 Å². The van der Waals surface area contributed by atoms with Gasteiger partial charge in [-0.2, -0.15) is 0 Å². The largest absolute Gasteiger partial charge is 0.350 e. The number of carbonyl (C=O) groups excluding carboxylic acids is 2. The summed E-state index contributed by atoms with van der Waals surface area (Å²) >= 11 is 0. The second-order valence-electron chi connectivity index (χ2n) is 6.25. The molecule has 0 saturated carbocycles. The first kappa shape index (κ1) is 18.9. The molecule has 0 heterocycles. The zero-order chi connectivity index (χ0) is 17.6. The summed E-state index contributed by atoms with van der Waals surface area (Å²) < 4.78 is 27.0. The number of hydrogen-bond acceptors (Lipinski definition) is 2. The van der Waals surface area contributed by atoms with Gasteiger partial charge in [0.25, 0.3) is 0 Å². The Labute approximate surface area is 134 Å². The van der Waals surface area contributed by atoms with Crippen molar-refractivity contribution in [3.8, 4) is 0 Å². The number of rotatable bonds is 5. The topological polar surface area (TPSA) is 70.2 Å². The highest BCUT2D eigenvalue weighted by Crippen LogP contribution is 2.20. The van der Waals surface area contributed by atoms with Gasteiger partial charge in [-0.1, -0.05) is 6.92 Å². The molecule has 0 fully saturated rings. The van der Waals surface area contributed by atoms with Gasteiger partial charge in [-0.3, -0.25) is 4.79 Å². The Bertz CT molecular complexity index is 571. The molecule has 0 unspecified atom stereocenters. The summed E-state index contributed by atoms with van der Waals surface area (Å²) in [5, 5.41) is 7.63. The lowest BCUT2D eigenvalue weighted by Gasteiger charge is -2.21. The third-order valence-electron chi connectivity index (χ3n) is 2.97. The standard InChI is InChI=1S/C16H23F2N3O2/c1-5-13(11-8-10(17)6-7-12(11)18)20-15(23)19-9-14(22)21-16(2,3)4/h6-8,13H,5,9H2,1-4H3,(H,21,22)(H2,19,20,23)/t13-/m0/s1. The lowest BCUT2D eigenvalue weighted by atomic mass is 10.0. The van der Waals surface area contributed by atoms with E-state index in [0.29, 0.717) is 6.42 Å². The normalized spacial score (nSPS) is 12.4. The average Bonchev–Trinajstić information content (AvgIpc) is 2.43. The monoisotopic (exact) mass is 327 g/mol. The molecule has 0 aromatic heterocycles. The molecule has 1 aromatic rings. The number of benzene rings is 1. The lowest BCUT2D eigenvalue weighted by molar-refractivity contribution is -0.121. The highest BCUT2D eigenvalue weighted by molar-refractivity contribution is 5.84. The van der Waals surface area contributed by atoms with Crippen molar-refractivity contribution >= 4 is 11.9 Å². The van der Waals surface area contributed by atoms with Gasteiger partial charge in [-0.05, 0) is 45.4 Å². The van der Waals surface area contributed by atoms with Crippen LogP contribution in [0.15, 0.2) is 18.2 Å². The molecule has 1 rings (SSSR count). The molecule has 128 valence electrons. The van der Waals surface area contributed by atoms with Crippen LogP contribution in [0.4, 0.5) is 13.6 Å². The van der Waals surface area contributed by atoms with Crippen LogP contribution < -0.4 is 16.0 Å². The van der Waals surface area contributed by atoms with E-state index < -0.39 is 29.2 Å². The minimum Gasteiger partial charge on any atom is -0.350 e. The Balaban J connectivity index is 2.61. The molecule has 3 amide bonds. The number of amides is 3. The molecule has 0 radical (unpaired) electrons. The molecule has 7 heteroatoms. The first-order valence-corrected chi connectivity index (χ1v) is 7.42. The highest BCUT2D eigenvalue weighted by Gasteiger charge is 2.18. The highest BCUT2D eigenvalue weighted by atomic mass is 19.1. The van der Waals surface area contributed by atoms with Crippen LogP contribution in [0.25, 0.3) is 0 Å². The first-order chi connectivity index (χ1) is 10.6. The molecule has 5 nitrogen and oxygen atoms in total. The maximum Gasteiger partial charge on any atom is 0.315 e. The SMILES string of the molecule is CC[C@H](NC(=O)NCC(=O)NC(C)(C)C)c1cc(F)ccc1F. The summed E-state index contributed by atoms with van der Waals surface area (Å²) in [5.74, 6) is -1.51.